The standard InChI is InChI=1S/C14H16BrFO3/c1-3-11-9(2)14(15,16)13(18-11)19-12(17)10-7-5-4-6-8-10/h4-9,11,13H,3H2,1-2H3/t9-,11-,13?,14-/m1/s1. The van der Waals surface area contributed by atoms with Gasteiger partial charge < -0.3 is 9.47 Å². The highest BCUT2D eigenvalue weighted by Crippen LogP contribution is 2.45. The minimum Gasteiger partial charge on any atom is -0.428 e. The van der Waals surface area contributed by atoms with Gasteiger partial charge in [-0.05, 0) is 34.5 Å². The van der Waals surface area contributed by atoms with Crippen molar-refractivity contribution in [3.63, 3.8) is 0 Å². The first kappa shape index (κ1) is 14.5. The van der Waals surface area contributed by atoms with Crippen LogP contribution in [0, 0.1) is 5.92 Å². The Bertz CT molecular complexity index is 449. The molecule has 0 N–H and O–H groups in total. The van der Waals surface area contributed by atoms with Gasteiger partial charge in [-0.2, -0.15) is 0 Å². The van der Waals surface area contributed by atoms with Crippen LogP contribution in [-0.2, 0) is 9.47 Å². The van der Waals surface area contributed by atoms with Crippen LogP contribution in [0.5, 0.6) is 0 Å². The van der Waals surface area contributed by atoms with E-state index in [1.165, 1.54) is 0 Å². The molecule has 4 atom stereocenters. The maximum Gasteiger partial charge on any atom is 0.340 e. The molecule has 0 spiro atoms. The molecule has 1 aromatic rings. The first-order valence-corrected chi connectivity index (χ1v) is 7.05. The van der Waals surface area contributed by atoms with Gasteiger partial charge in [0, 0.05) is 5.92 Å². The molecule has 1 aromatic carbocycles. The molecular formula is C14H16BrFO3. The van der Waals surface area contributed by atoms with Crippen LogP contribution in [0.3, 0.4) is 0 Å². The van der Waals surface area contributed by atoms with Crippen LogP contribution in [0.25, 0.3) is 0 Å². The van der Waals surface area contributed by atoms with Gasteiger partial charge >= 0.3 is 5.97 Å². The second-order valence-electron chi connectivity index (χ2n) is 4.65. The lowest BCUT2D eigenvalue weighted by atomic mass is 10.0. The Morgan fingerprint density at radius 1 is 1.47 bits per heavy atom. The molecule has 0 amide bonds. The molecule has 5 heteroatoms. The number of esters is 1. The summed E-state index contributed by atoms with van der Waals surface area (Å²) in [5, 5.41) is 0. The SMILES string of the molecule is CC[C@H]1OC(OC(=O)c2ccccc2)[C@@](F)(Br)[C@@H]1C. The number of halogens is 2. The van der Waals surface area contributed by atoms with E-state index in [4.69, 9.17) is 9.47 Å². The highest BCUT2D eigenvalue weighted by molar-refractivity contribution is 9.10. The molecule has 19 heavy (non-hydrogen) atoms. The molecule has 2 rings (SSSR count). The molecule has 0 bridgehead atoms. The predicted octanol–water partition coefficient (Wildman–Crippen LogP) is 3.68. The number of benzene rings is 1. The molecule has 1 saturated heterocycles. The first-order chi connectivity index (χ1) is 8.96. The van der Waals surface area contributed by atoms with Gasteiger partial charge in [0.15, 0.2) is 0 Å². The van der Waals surface area contributed by atoms with E-state index in [0.717, 1.165) is 0 Å². The van der Waals surface area contributed by atoms with Gasteiger partial charge in [0.05, 0.1) is 11.7 Å². The molecule has 0 aromatic heterocycles. The fraction of sp³-hybridized carbons (Fsp3) is 0.500. The van der Waals surface area contributed by atoms with Crippen LogP contribution in [-0.4, -0.2) is 22.9 Å². The molecule has 1 heterocycles. The summed E-state index contributed by atoms with van der Waals surface area (Å²) in [6.07, 6.45) is -0.823. The highest BCUT2D eigenvalue weighted by Gasteiger charge is 2.55. The third-order valence-electron chi connectivity index (χ3n) is 3.40. The van der Waals surface area contributed by atoms with Crippen LogP contribution in [0.4, 0.5) is 4.39 Å². The zero-order chi connectivity index (χ0) is 14.0. The van der Waals surface area contributed by atoms with E-state index >= 15 is 0 Å². The summed E-state index contributed by atoms with van der Waals surface area (Å²) < 4.78 is 23.2. The molecule has 1 unspecified atom stereocenters. The van der Waals surface area contributed by atoms with E-state index in [1.807, 2.05) is 6.92 Å². The Labute approximate surface area is 120 Å². The molecule has 0 aliphatic carbocycles. The summed E-state index contributed by atoms with van der Waals surface area (Å²) in [5.74, 6) is -0.970. The Morgan fingerprint density at radius 2 is 2.11 bits per heavy atom. The Morgan fingerprint density at radius 3 is 2.63 bits per heavy atom. The summed E-state index contributed by atoms with van der Waals surface area (Å²) in [5.41, 5.74) is 0.377. The fourth-order valence-corrected chi connectivity index (χ4v) is 2.62. The zero-order valence-electron chi connectivity index (χ0n) is 10.8. The smallest absolute Gasteiger partial charge is 0.340 e. The summed E-state index contributed by atoms with van der Waals surface area (Å²) in [6, 6.07) is 8.47. The number of alkyl halides is 2. The summed E-state index contributed by atoms with van der Waals surface area (Å²) in [7, 11) is 0. The first-order valence-electron chi connectivity index (χ1n) is 6.26. The number of rotatable bonds is 3. The van der Waals surface area contributed by atoms with Gasteiger partial charge in [-0.15, -0.1) is 0 Å². The van der Waals surface area contributed by atoms with Gasteiger partial charge in [0.25, 0.3) is 0 Å². The maximum atomic E-state index is 14.5. The van der Waals surface area contributed by atoms with Crippen LogP contribution in [0.2, 0.25) is 0 Å². The lowest BCUT2D eigenvalue weighted by molar-refractivity contribution is -0.126. The molecule has 104 valence electrons. The van der Waals surface area contributed by atoms with Crippen LogP contribution in [0.1, 0.15) is 30.6 Å². The molecule has 1 aliphatic rings. The highest BCUT2D eigenvalue weighted by atomic mass is 79.9. The second kappa shape index (κ2) is 5.59. The van der Waals surface area contributed by atoms with Crippen molar-refractivity contribution in [3.05, 3.63) is 35.9 Å². The number of carbonyl (C=O) groups is 1. The molecule has 0 saturated carbocycles. The van der Waals surface area contributed by atoms with Gasteiger partial charge in [-0.25, -0.2) is 9.18 Å². The van der Waals surface area contributed by atoms with Crippen LogP contribution in [0.15, 0.2) is 30.3 Å². The van der Waals surface area contributed by atoms with Crippen molar-refractivity contribution in [1.82, 2.24) is 0 Å². The van der Waals surface area contributed by atoms with Crippen molar-refractivity contribution in [1.29, 1.82) is 0 Å². The van der Waals surface area contributed by atoms with Crippen molar-refractivity contribution in [2.24, 2.45) is 5.92 Å². The minimum atomic E-state index is -1.85. The van der Waals surface area contributed by atoms with Crippen molar-refractivity contribution in [3.8, 4) is 0 Å². The summed E-state index contributed by atoms with van der Waals surface area (Å²) >= 11 is 2.99. The Kier molecular flexibility index (Phi) is 4.26. The topological polar surface area (TPSA) is 35.5 Å². The average Bonchev–Trinajstić information content (AvgIpc) is 2.63. The van der Waals surface area contributed by atoms with Gasteiger partial charge in [-0.3, -0.25) is 0 Å². The summed E-state index contributed by atoms with van der Waals surface area (Å²) in [6.45, 7) is 3.64. The number of carbonyl (C=O) groups excluding carboxylic acids is 1. The van der Waals surface area contributed by atoms with E-state index in [0.29, 0.717) is 12.0 Å². The van der Waals surface area contributed by atoms with Crippen molar-refractivity contribution in [2.75, 3.05) is 0 Å². The van der Waals surface area contributed by atoms with Gasteiger partial charge in [0.1, 0.15) is 0 Å². The lowest BCUT2D eigenvalue weighted by Crippen LogP contribution is -2.35. The lowest BCUT2D eigenvalue weighted by Gasteiger charge is -2.22. The molecule has 1 aliphatic heterocycles. The third-order valence-corrected chi connectivity index (χ3v) is 4.50. The second-order valence-corrected chi connectivity index (χ2v) is 5.86. The molecule has 3 nitrogen and oxygen atoms in total. The van der Waals surface area contributed by atoms with Gasteiger partial charge in [-0.1, -0.05) is 32.0 Å². The fourth-order valence-electron chi connectivity index (χ4n) is 2.13. The van der Waals surface area contributed by atoms with Crippen molar-refractivity contribution >= 4 is 21.9 Å². The third kappa shape index (κ3) is 2.82. The maximum absolute atomic E-state index is 14.5. The van der Waals surface area contributed by atoms with Crippen LogP contribution < -0.4 is 0 Å². The Balaban J connectivity index is 2.09. The Hall–Kier alpha value is -0.940. The number of hydrogen-bond donors (Lipinski definition) is 0. The normalized spacial score (nSPS) is 34.2. The van der Waals surface area contributed by atoms with E-state index in [-0.39, 0.29) is 12.0 Å². The van der Waals surface area contributed by atoms with Gasteiger partial charge in [0.2, 0.25) is 10.9 Å². The monoisotopic (exact) mass is 330 g/mol. The largest absolute Gasteiger partial charge is 0.428 e. The van der Waals surface area contributed by atoms with E-state index in [2.05, 4.69) is 15.9 Å². The minimum absolute atomic E-state index is 0.266. The molecule has 1 fully saturated rings. The average molecular weight is 331 g/mol. The number of hydrogen-bond acceptors (Lipinski definition) is 3. The summed E-state index contributed by atoms with van der Waals surface area (Å²) in [4.78, 5) is 11.9. The number of ether oxygens (including phenoxy) is 2. The predicted molar refractivity (Wildman–Crippen MR) is 72.7 cm³/mol. The molecular weight excluding hydrogens is 315 g/mol. The van der Waals surface area contributed by atoms with E-state index < -0.39 is 16.8 Å². The van der Waals surface area contributed by atoms with Crippen molar-refractivity contribution in [2.45, 2.75) is 37.2 Å². The molecule has 0 radical (unpaired) electrons. The van der Waals surface area contributed by atoms with Crippen LogP contribution >= 0.6 is 15.9 Å². The van der Waals surface area contributed by atoms with E-state index in [1.54, 1.807) is 37.3 Å². The quantitative estimate of drug-likeness (QED) is 0.626. The van der Waals surface area contributed by atoms with Crippen molar-refractivity contribution < 1.29 is 18.7 Å². The van der Waals surface area contributed by atoms with E-state index in [9.17, 15) is 9.18 Å². The zero-order valence-corrected chi connectivity index (χ0v) is 12.4.